The van der Waals surface area contributed by atoms with Crippen LogP contribution in [0.1, 0.15) is 11.1 Å². The van der Waals surface area contributed by atoms with Gasteiger partial charge in [-0.25, -0.2) is 4.79 Å². The molecule has 1 heterocycles. The molecule has 1 fully saturated rings. The Bertz CT molecular complexity index is 754. The summed E-state index contributed by atoms with van der Waals surface area (Å²) in [5, 5.41) is 2.94. The minimum absolute atomic E-state index is 0.0823. The number of nitrogens with zero attached hydrogens (tertiary/aromatic N) is 2. The SMILES string of the molecule is COc1ccc(CC(=O)N2CCN(C(=O)NCc3ccccc3)CC2)cc1. The lowest BCUT2D eigenvalue weighted by Gasteiger charge is -2.34. The number of piperazine rings is 1. The molecule has 1 N–H and O–H groups in total. The van der Waals surface area contributed by atoms with E-state index in [4.69, 9.17) is 4.74 Å². The first kappa shape index (κ1) is 18.8. The molecule has 0 aromatic heterocycles. The molecule has 3 rings (SSSR count). The highest BCUT2D eigenvalue weighted by Gasteiger charge is 2.24. The molecule has 6 nitrogen and oxygen atoms in total. The molecule has 0 bridgehead atoms. The zero-order valence-corrected chi connectivity index (χ0v) is 15.6. The fourth-order valence-corrected chi connectivity index (χ4v) is 3.07. The van der Waals surface area contributed by atoms with Crippen LogP contribution in [-0.2, 0) is 17.8 Å². The molecule has 0 atom stereocenters. The number of carbonyl (C=O) groups is 2. The van der Waals surface area contributed by atoms with Crippen molar-refractivity contribution in [1.82, 2.24) is 15.1 Å². The minimum atomic E-state index is -0.0823. The Balaban J connectivity index is 1.43. The summed E-state index contributed by atoms with van der Waals surface area (Å²) in [5.41, 5.74) is 2.03. The van der Waals surface area contributed by atoms with Crippen molar-refractivity contribution in [3.63, 3.8) is 0 Å². The number of hydrogen-bond donors (Lipinski definition) is 1. The lowest BCUT2D eigenvalue weighted by atomic mass is 10.1. The number of amides is 3. The Kier molecular flexibility index (Phi) is 6.30. The molecule has 1 aliphatic rings. The van der Waals surface area contributed by atoms with Gasteiger partial charge >= 0.3 is 6.03 Å². The van der Waals surface area contributed by atoms with E-state index in [1.54, 1.807) is 12.0 Å². The van der Waals surface area contributed by atoms with Gasteiger partial charge in [0.2, 0.25) is 5.91 Å². The van der Waals surface area contributed by atoms with Crippen LogP contribution in [-0.4, -0.2) is 55.0 Å². The van der Waals surface area contributed by atoms with E-state index < -0.39 is 0 Å². The van der Waals surface area contributed by atoms with Gasteiger partial charge in [0.1, 0.15) is 5.75 Å². The molecule has 0 saturated carbocycles. The summed E-state index contributed by atoms with van der Waals surface area (Å²) in [7, 11) is 1.62. The number of ether oxygens (including phenoxy) is 1. The lowest BCUT2D eigenvalue weighted by molar-refractivity contribution is -0.131. The van der Waals surface area contributed by atoms with Gasteiger partial charge < -0.3 is 19.9 Å². The van der Waals surface area contributed by atoms with Gasteiger partial charge in [0.15, 0.2) is 0 Å². The Hall–Kier alpha value is -3.02. The second-order valence-electron chi connectivity index (χ2n) is 6.54. The van der Waals surface area contributed by atoms with Crippen molar-refractivity contribution in [2.75, 3.05) is 33.3 Å². The average Bonchev–Trinajstić information content (AvgIpc) is 2.73. The molecule has 0 unspecified atom stereocenters. The summed E-state index contributed by atoms with van der Waals surface area (Å²) < 4.78 is 5.13. The van der Waals surface area contributed by atoms with Crippen molar-refractivity contribution in [2.24, 2.45) is 0 Å². The molecule has 1 saturated heterocycles. The van der Waals surface area contributed by atoms with Crippen LogP contribution in [0.3, 0.4) is 0 Å². The molecule has 0 aliphatic carbocycles. The summed E-state index contributed by atoms with van der Waals surface area (Å²) in [6.45, 7) is 2.74. The smallest absolute Gasteiger partial charge is 0.317 e. The van der Waals surface area contributed by atoms with E-state index >= 15 is 0 Å². The first-order chi connectivity index (χ1) is 13.2. The standard InChI is InChI=1S/C21H25N3O3/c1-27-19-9-7-17(8-10-19)15-20(25)23-11-13-24(14-12-23)21(26)22-16-18-5-3-2-4-6-18/h2-10H,11-16H2,1H3,(H,22,26). The largest absolute Gasteiger partial charge is 0.497 e. The molecule has 0 radical (unpaired) electrons. The first-order valence-electron chi connectivity index (χ1n) is 9.13. The molecule has 2 aromatic carbocycles. The number of methoxy groups -OCH3 is 1. The Morgan fingerprint density at radius 1 is 0.889 bits per heavy atom. The molecule has 142 valence electrons. The highest BCUT2D eigenvalue weighted by Crippen LogP contribution is 2.13. The molecule has 6 heteroatoms. The molecular formula is C21H25N3O3. The van der Waals surface area contributed by atoms with Crippen molar-refractivity contribution < 1.29 is 14.3 Å². The Labute approximate surface area is 159 Å². The predicted molar refractivity (Wildman–Crippen MR) is 104 cm³/mol. The molecule has 2 aromatic rings. The lowest BCUT2D eigenvalue weighted by Crippen LogP contribution is -2.53. The first-order valence-corrected chi connectivity index (χ1v) is 9.13. The van der Waals surface area contributed by atoms with E-state index in [2.05, 4.69) is 5.32 Å². The normalized spacial score (nSPS) is 14.0. The van der Waals surface area contributed by atoms with E-state index in [9.17, 15) is 9.59 Å². The van der Waals surface area contributed by atoms with Crippen molar-refractivity contribution in [1.29, 1.82) is 0 Å². The third kappa shape index (κ3) is 5.23. The van der Waals surface area contributed by atoms with Gasteiger partial charge in [0, 0.05) is 32.7 Å². The summed E-state index contributed by atoms with van der Waals surface area (Å²) in [5.74, 6) is 0.867. The molecule has 0 spiro atoms. The number of carbonyl (C=O) groups excluding carboxylic acids is 2. The van der Waals surface area contributed by atoms with Crippen LogP contribution in [0, 0.1) is 0 Å². The Morgan fingerprint density at radius 3 is 2.15 bits per heavy atom. The van der Waals surface area contributed by atoms with Gasteiger partial charge in [-0.3, -0.25) is 4.79 Å². The van der Waals surface area contributed by atoms with Crippen LogP contribution in [0.4, 0.5) is 4.79 Å². The molecular weight excluding hydrogens is 342 g/mol. The van der Waals surface area contributed by atoms with Gasteiger partial charge in [-0.15, -0.1) is 0 Å². The summed E-state index contributed by atoms with van der Waals surface area (Å²) in [6.07, 6.45) is 0.365. The zero-order chi connectivity index (χ0) is 19.1. The minimum Gasteiger partial charge on any atom is -0.497 e. The van der Waals surface area contributed by atoms with E-state index in [0.29, 0.717) is 39.1 Å². The average molecular weight is 367 g/mol. The van der Waals surface area contributed by atoms with E-state index in [0.717, 1.165) is 16.9 Å². The van der Waals surface area contributed by atoms with Gasteiger partial charge in [-0.1, -0.05) is 42.5 Å². The zero-order valence-electron chi connectivity index (χ0n) is 15.6. The van der Waals surface area contributed by atoms with Crippen LogP contribution in [0.25, 0.3) is 0 Å². The summed E-state index contributed by atoms with van der Waals surface area (Å²) >= 11 is 0. The highest BCUT2D eigenvalue weighted by atomic mass is 16.5. The van der Waals surface area contributed by atoms with Crippen LogP contribution >= 0.6 is 0 Å². The topological polar surface area (TPSA) is 61.9 Å². The maximum absolute atomic E-state index is 12.5. The highest BCUT2D eigenvalue weighted by molar-refractivity contribution is 5.79. The number of hydrogen-bond acceptors (Lipinski definition) is 3. The van der Waals surface area contributed by atoms with Crippen molar-refractivity contribution in [3.05, 3.63) is 65.7 Å². The third-order valence-electron chi connectivity index (χ3n) is 4.72. The molecule has 1 aliphatic heterocycles. The van der Waals surface area contributed by atoms with Crippen LogP contribution < -0.4 is 10.1 Å². The molecule has 27 heavy (non-hydrogen) atoms. The quantitative estimate of drug-likeness (QED) is 0.882. The maximum atomic E-state index is 12.5. The van der Waals surface area contributed by atoms with Crippen LogP contribution in [0.2, 0.25) is 0 Å². The fourth-order valence-electron chi connectivity index (χ4n) is 3.07. The summed E-state index contributed by atoms with van der Waals surface area (Å²) in [6, 6.07) is 17.3. The van der Waals surface area contributed by atoms with Crippen molar-refractivity contribution in [3.8, 4) is 5.75 Å². The van der Waals surface area contributed by atoms with E-state index in [1.165, 1.54) is 0 Å². The monoisotopic (exact) mass is 367 g/mol. The number of benzene rings is 2. The fraction of sp³-hybridized carbons (Fsp3) is 0.333. The van der Waals surface area contributed by atoms with E-state index in [-0.39, 0.29) is 11.9 Å². The summed E-state index contributed by atoms with van der Waals surface area (Å²) in [4.78, 5) is 28.4. The number of urea groups is 1. The van der Waals surface area contributed by atoms with Crippen molar-refractivity contribution >= 4 is 11.9 Å². The third-order valence-corrected chi connectivity index (χ3v) is 4.72. The van der Waals surface area contributed by atoms with Crippen LogP contribution in [0.15, 0.2) is 54.6 Å². The van der Waals surface area contributed by atoms with Gasteiger partial charge in [-0.2, -0.15) is 0 Å². The Morgan fingerprint density at radius 2 is 1.52 bits per heavy atom. The maximum Gasteiger partial charge on any atom is 0.317 e. The van der Waals surface area contributed by atoms with Crippen LogP contribution in [0.5, 0.6) is 5.75 Å². The van der Waals surface area contributed by atoms with Gasteiger partial charge in [-0.05, 0) is 23.3 Å². The van der Waals surface area contributed by atoms with Gasteiger partial charge in [0.05, 0.1) is 13.5 Å². The van der Waals surface area contributed by atoms with E-state index in [1.807, 2.05) is 59.5 Å². The molecule has 3 amide bonds. The number of rotatable bonds is 5. The second-order valence-corrected chi connectivity index (χ2v) is 6.54. The second kappa shape index (κ2) is 9.07. The van der Waals surface area contributed by atoms with Gasteiger partial charge in [0.25, 0.3) is 0 Å². The predicted octanol–water partition coefficient (Wildman–Crippen LogP) is 2.29. The van der Waals surface area contributed by atoms with Crippen molar-refractivity contribution in [2.45, 2.75) is 13.0 Å². The number of nitrogens with one attached hydrogen (secondary N) is 1.